The largest absolute Gasteiger partial charge is 0.491 e. The molecular formula is C27H32N8O3. The smallest absolute Gasteiger partial charge is 0.270 e. The SMILES string of the molecule is O=C(NCCCN1CCOCC1)c1cc(OC[C@H]2CCCN2c2ncnc3nc[nH]c23)c2ccccc2n1. The number of aromatic nitrogens is 5. The predicted octanol–water partition coefficient (Wildman–Crippen LogP) is 2.40. The molecule has 38 heavy (non-hydrogen) atoms. The van der Waals surface area contributed by atoms with Gasteiger partial charge in [-0.3, -0.25) is 9.69 Å². The summed E-state index contributed by atoms with van der Waals surface area (Å²) in [7, 11) is 0. The third-order valence-electron chi connectivity index (χ3n) is 7.23. The highest BCUT2D eigenvalue weighted by molar-refractivity contribution is 5.97. The van der Waals surface area contributed by atoms with Gasteiger partial charge in [-0.25, -0.2) is 19.9 Å². The average molecular weight is 517 g/mol. The minimum atomic E-state index is -0.187. The third-order valence-corrected chi connectivity index (χ3v) is 7.23. The molecule has 198 valence electrons. The lowest BCUT2D eigenvalue weighted by Gasteiger charge is -2.26. The number of H-pyrrole nitrogens is 1. The number of aromatic amines is 1. The Morgan fingerprint density at radius 2 is 2.05 bits per heavy atom. The number of hydrogen-bond donors (Lipinski definition) is 2. The fourth-order valence-electron chi connectivity index (χ4n) is 5.24. The first-order valence-electron chi connectivity index (χ1n) is 13.3. The van der Waals surface area contributed by atoms with Crippen LogP contribution in [-0.2, 0) is 4.74 Å². The van der Waals surface area contributed by atoms with Crippen molar-refractivity contribution in [1.82, 2.24) is 35.1 Å². The second-order valence-electron chi connectivity index (χ2n) is 9.69. The molecule has 1 atom stereocenters. The van der Waals surface area contributed by atoms with Crippen molar-refractivity contribution in [2.24, 2.45) is 0 Å². The topological polar surface area (TPSA) is 121 Å². The molecule has 5 heterocycles. The number of fused-ring (bicyclic) bond motifs is 2. The number of nitrogens with zero attached hydrogens (tertiary/aromatic N) is 6. The van der Waals surface area contributed by atoms with Gasteiger partial charge in [0, 0.05) is 37.6 Å². The number of carbonyl (C=O) groups is 1. The van der Waals surface area contributed by atoms with Crippen LogP contribution in [0.2, 0.25) is 0 Å². The van der Waals surface area contributed by atoms with Crippen LogP contribution in [0.4, 0.5) is 5.82 Å². The molecule has 0 saturated carbocycles. The van der Waals surface area contributed by atoms with Gasteiger partial charge in [-0.1, -0.05) is 12.1 Å². The van der Waals surface area contributed by atoms with Gasteiger partial charge in [-0.05, 0) is 37.9 Å². The highest BCUT2D eigenvalue weighted by atomic mass is 16.5. The molecule has 0 radical (unpaired) electrons. The van der Waals surface area contributed by atoms with Crippen LogP contribution in [0.5, 0.6) is 5.75 Å². The Balaban J connectivity index is 1.14. The molecule has 11 heteroatoms. The molecule has 0 aliphatic carbocycles. The van der Waals surface area contributed by atoms with E-state index in [4.69, 9.17) is 9.47 Å². The van der Waals surface area contributed by atoms with Crippen molar-refractivity contribution in [3.05, 3.63) is 48.7 Å². The summed E-state index contributed by atoms with van der Waals surface area (Å²) in [5.74, 6) is 1.32. The van der Waals surface area contributed by atoms with Crippen molar-refractivity contribution < 1.29 is 14.3 Å². The summed E-state index contributed by atoms with van der Waals surface area (Å²) in [6, 6.07) is 9.67. The number of ether oxygens (including phenoxy) is 2. The fourth-order valence-corrected chi connectivity index (χ4v) is 5.24. The van der Waals surface area contributed by atoms with E-state index in [1.165, 1.54) is 0 Å². The lowest BCUT2D eigenvalue weighted by atomic mass is 10.1. The zero-order valence-electron chi connectivity index (χ0n) is 21.3. The quantitative estimate of drug-likeness (QED) is 0.323. The van der Waals surface area contributed by atoms with E-state index >= 15 is 0 Å². The van der Waals surface area contributed by atoms with E-state index in [-0.39, 0.29) is 11.9 Å². The predicted molar refractivity (Wildman–Crippen MR) is 143 cm³/mol. The van der Waals surface area contributed by atoms with Crippen LogP contribution in [0, 0.1) is 0 Å². The minimum Gasteiger partial charge on any atom is -0.491 e. The second kappa shape index (κ2) is 11.3. The van der Waals surface area contributed by atoms with Crippen LogP contribution in [0.1, 0.15) is 29.8 Å². The lowest BCUT2D eigenvalue weighted by molar-refractivity contribution is 0.0374. The first kappa shape index (κ1) is 24.5. The van der Waals surface area contributed by atoms with Crippen molar-refractivity contribution in [2.75, 3.05) is 57.4 Å². The summed E-state index contributed by atoms with van der Waals surface area (Å²) >= 11 is 0. The second-order valence-corrected chi connectivity index (χ2v) is 9.69. The third kappa shape index (κ3) is 5.25. The fraction of sp³-hybridized carbons (Fsp3) is 0.444. The molecule has 4 aromatic rings. The van der Waals surface area contributed by atoms with Gasteiger partial charge in [0.05, 0.1) is 31.1 Å². The standard InChI is InChI=1S/C27H32N8O3/c36-27(28-8-4-9-34-11-13-37-14-12-34)22-15-23(20-6-1-2-7-21(20)33-22)38-16-19-5-3-10-35(19)26-24-25(30-17-29-24)31-18-32-26/h1-2,6-7,15,17-19H,3-5,8-14,16H2,(H,28,36)(H,29,30,31,32)/t19-/m1/s1. The number of morpholine rings is 1. The molecule has 2 N–H and O–H groups in total. The van der Waals surface area contributed by atoms with E-state index in [9.17, 15) is 4.79 Å². The number of nitrogens with one attached hydrogen (secondary N) is 2. The molecule has 6 rings (SSSR count). The number of para-hydroxylation sites is 1. The number of imidazole rings is 1. The summed E-state index contributed by atoms with van der Waals surface area (Å²) in [5, 5.41) is 3.91. The molecule has 1 amide bonds. The van der Waals surface area contributed by atoms with Crippen molar-refractivity contribution in [3.8, 4) is 5.75 Å². The summed E-state index contributed by atoms with van der Waals surface area (Å²) in [6.45, 7) is 6.34. The van der Waals surface area contributed by atoms with Gasteiger partial charge >= 0.3 is 0 Å². The molecule has 2 aliphatic rings. The highest BCUT2D eigenvalue weighted by Crippen LogP contribution is 2.30. The molecule has 0 bridgehead atoms. The Hall–Kier alpha value is -3.83. The Kier molecular flexibility index (Phi) is 7.27. The van der Waals surface area contributed by atoms with E-state index in [1.54, 1.807) is 18.7 Å². The normalized spacial score (nSPS) is 18.3. The number of pyridine rings is 1. The van der Waals surface area contributed by atoms with E-state index in [0.717, 1.165) is 80.9 Å². The maximum Gasteiger partial charge on any atom is 0.270 e. The molecule has 0 spiro atoms. The lowest BCUT2D eigenvalue weighted by Crippen LogP contribution is -2.38. The Morgan fingerprint density at radius 1 is 1.16 bits per heavy atom. The van der Waals surface area contributed by atoms with Gasteiger partial charge in [-0.2, -0.15) is 0 Å². The molecule has 1 aromatic carbocycles. The van der Waals surface area contributed by atoms with E-state index in [2.05, 4.69) is 40.0 Å². The van der Waals surface area contributed by atoms with Gasteiger partial charge < -0.3 is 24.7 Å². The van der Waals surface area contributed by atoms with Gasteiger partial charge in [0.25, 0.3) is 5.91 Å². The van der Waals surface area contributed by atoms with Crippen LogP contribution in [0.3, 0.4) is 0 Å². The van der Waals surface area contributed by atoms with Gasteiger partial charge in [0.1, 0.15) is 29.9 Å². The number of anilines is 1. The maximum absolute atomic E-state index is 13.0. The minimum absolute atomic E-state index is 0.140. The summed E-state index contributed by atoms with van der Waals surface area (Å²) in [4.78, 5) is 38.4. The molecule has 2 fully saturated rings. The van der Waals surface area contributed by atoms with Gasteiger partial charge in [-0.15, -0.1) is 0 Å². The first-order valence-corrected chi connectivity index (χ1v) is 13.3. The number of rotatable bonds is 9. The van der Waals surface area contributed by atoms with Crippen LogP contribution < -0.4 is 15.0 Å². The zero-order valence-corrected chi connectivity index (χ0v) is 21.3. The van der Waals surface area contributed by atoms with E-state index < -0.39 is 0 Å². The molecule has 0 unspecified atom stereocenters. The summed E-state index contributed by atoms with van der Waals surface area (Å²) < 4.78 is 11.8. The monoisotopic (exact) mass is 516 g/mol. The number of hydrogen-bond acceptors (Lipinski definition) is 9. The summed E-state index contributed by atoms with van der Waals surface area (Å²) in [5.41, 5.74) is 2.59. The molecule has 3 aromatic heterocycles. The van der Waals surface area contributed by atoms with E-state index in [0.29, 0.717) is 30.2 Å². The molecule has 2 aliphatic heterocycles. The number of amides is 1. The van der Waals surface area contributed by atoms with Crippen molar-refractivity contribution in [1.29, 1.82) is 0 Å². The molecular weight excluding hydrogens is 484 g/mol. The summed E-state index contributed by atoms with van der Waals surface area (Å²) in [6.07, 6.45) is 6.11. The number of benzene rings is 1. The Labute approximate surface area is 220 Å². The van der Waals surface area contributed by atoms with Crippen molar-refractivity contribution in [2.45, 2.75) is 25.3 Å². The van der Waals surface area contributed by atoms with Crippen LogP contribution >= 0.6 is 0 Å². The molecule has 2 saturated heterocycles. The zero-order chi connectivity index (χ0) is 25.7. The Morgan fingerprint density at radius 3 is 2.97 bits per heavy atom. The average Bonchev–Trinajstić information content (AvgIpc) is 3.64. The highest BCUT2D eigenvalue weighted by Gasteiger charge is 2.28. The van der Waals surface area contributed by atoms with E-state index in [1.807, 2.05) is 24.3 Å². The molecule has 11 nitrogen and oxygen atoms in total. The van der Waals surface area contributed by atoms with Crippen molar-refractivity contribution in [3.63, 3.8) is 0 Å². The van der Waals surface area contributed by atoms with Crippen LogP contribution in [0.25, 0.3) is 22.1 Å². The van der Waals surface area contributed by atoms with Crippen LogP contribution in [-0.4, -0.2) is 94.3 Å². The van der Waals surface area contributed by atoms with Crippen LogP contribution in [0.15, 0.2) is 43.0 Å². The first-order chi connectivity index (χ1) is 18.8. The van der Waals surface area contributed by atoms with Crippen molar-refractivity contribution >= 4 is 33.8 Å². The number of carbonyl (C=O) groups excluding carboxylic acids is 1. The Bertz CT molecular complexity index is 1400. The van der Waals surface area contributed by atoms with Gasteiger partial charge in [0.2, 0.25) is 0 Å². The maximum atomic E-state index is 13.0. The van der Waals surface area contributed by atoms with Gasteiger partial charge in [0.15, 0.2) is 11.5 Å².